The van der Waals surface area contributed by atoms with Crippen molar-refractivity contribution in [2.45, 2.75) is 39.5 Å². The molecule has 2 fully saturated rings. The van der Waals surface area contributed by atoms with Gasteiger partial charge in [-0.15, -0.1) is 0 Å². The lowest BCUT2D eigenvalue weighted by atomic mass is 9.79. The molecule has 0 aromatic carbocycles. The summed E-state index contributed by atoms with van der Waals surface area (Å²) in [6.07, 6.45) is 2.90. The minimum atomic E-state index is -0.332. The number of piperidine rings is 1. The Kier molecular flexibility index (Phi) is 4.73. The molecule has 0 aromatic rings. The predicted octanol–water partition coefficient (Wildman–Crippen LogP) is 2.93. The van der Waals surface area contributed by atoms with Gasteiger partial charge in [-0.05, 0) is 31.1 Å². The van der Waals surface area contributed by atoms with E-state index < -0.39 is 0 Å². The number of nitriles is 2. The van der Waals surface area contributed by atoms with Crippen molar-refractivity contribution in [3.05, 3.63) is 0 Å². The zero-order valence-electron chi connectivity index (χ0n) is 12.8. The lowest BCUT2D eigenvalue weighted by Crippen LogP contribution is -2.45. The predicted molar refractivity (Wildman–Crippen MR) is 76.9 cm³/mol. The second kappa shape index (κ2) is 6.35. The first kappa shape index (κ1) is 15.6. The minimum Gasteiger partial charge on any atom is -0.449 e. The molecule has 5 nitrogen and oxygen atoms in total. The van der Waals surface area contributed by atoms with Crippen LogP contribution in [0.5, 0.6) is 0 Å². The smallest absolute Gasteiger partial charge is 0.409 e. The van der Waals surface area contributed by atoms with E-state index in [-0.39, 0.29) is 17.4 Å². The van der Waals surface area contributed by atoms with Crippen molar-refractivity contribution in [2.75, 3.05) is 19.7 Å². The topological polar surface area (TPSA) is 77.1 Å². The van der Waals surface area contributed by atoms with E-state index in [1.54, 1.807) is 4.90 Å². The Bertz CT molecular complexity index is 471. The third-order valence-electron chi connectivity index (χ3n) is 4.86. The lowest BCUT2D eigenvalue weighted by molar-refractivity contribution is 0.0579. The second-order valence-electron chi connectivity index (χ2n) is 6.77. The second-order valence-corrected chi connectivity index (χ2v) is 6.77. The van der Waals surface area contributed by atoms with Crippen LogP contribution in [0.1, 0.15) is 39.5 Å². The summed E-state index contributed by atoms with van der Waals surface area (Å²) in [5, 5.41) is 18.1. The Morgan fingerprint density at radius 3 is 2.67 bits per heavy atom. The Hall–Kier alpha value is -1.75. The van der Waals surface area contributed by atoms with Gasteiger partial charge in [0.05, 0.1) is 24.7 Å². The number of likely N-dealkylation sites (tertiary alicyclic amines) is 1. The van der Waals surface area contributed by atoms with Crippen LogP contribution in [0.3, 0.4) is 0 Å². The highest BCUT2D eigenvalue weighted by molar-refractivity contribution is 5.67. The van der Waals surface area contributed by atoms with E-state index in [1.807, 2.05) is 0 Å². The van der Waals surface area contributed by atoms with E-state index in [4.69, 9.17) is 10.00 Å². The zero-order valence-corrected chi connectivity index (χ0v) is 12.8. The minimum absolute atomic E-state index is 0.0880. The number of amides is 1. The highest BCUT2D eigenvalue weighted by atomic mass is 16.6. The van der Waals surface area contributed by atoms with Gasteiger partial charge in [-0.1, -0.05) is 13.8 Å². The molecule has 1 heterocycles. The van der Waals surface area contributed by atoms with Crippen LogP contribution in [0.15, 0.2) is 0 Å². The molecule has 1 aliphatic carbocycles. The number of rotatable bonds is 4. The van der Waals surface area contributed by atoms with E-state index >= 15 is 0 Å². The van der Waals surface area contributed by atoms with Gasteiger partial charge in [0.25, 0.3) is 0 Å². The van der Waals surface area contributed by atoms with Gasteiger partial charge in [0.15, 0.2) is 0 Å². The number of nitrogens with zero attached hydrogens (tertiary/aromatic N) is 3. The average Bonchev–Trinajstić information content (AvgIpc) is 3.24. The van der Waals surface area contributed by atoms with Crippen LogP contribution in [0.2, 0.25) is 0 Å². The Balaban J connectivity index is 1.84. The number of carbonyl (C=O) groups is 1. The van der Waals surface area contributed by atoms with Crippen LogP contribution in [0, 0.1) is 45.8 Å². The fraction of sp³-hybridized carbons (Fsp3) is 0.812. The molecule has 0 aromatic heterocycles. The van der Waals surface area contributed by atoms with Gasteiger partial charge in [-0.3, -0.25) is 0 Å². The first-order valence-corrected chi connectivity index (χ1v) is 7.69. The summed E-state index contributed by atoms with van der Waals surface area (Å²) in [7, 11) is 0. The Morgan fingerprint density at radius 1 is 1.43 bits per heavy atom. The maximum Gasteiger partial charge on any atom is 0.409 e. The van der Waals surface area contributed by atoms with Crippen molar-refractivity contribution in [3.63, 3.8) is 0 Å². The van der Waals surface area contributed by atoms with Gasteiger partial charge in [0.1, 0.15) is 0 Å². The summed E-state index contributed by atoms with van der Waals surface area (Å²) < 4.78 is 5.38. The van der Waals surface area contributed by atoms with E-state index in [0.29, 0.717) is 38.0 Å². The van der Waals surface area contributed by atoms with E-state index in [2.05, 4.69) is 26.0 Å². The van der Waals surface area contributed by atoms with E-state index in [1.165, 1.54) is 0 Å². The summed E-state index contributed by atoms with van der Waals surface area (Å²) in [6, 6.07) is 4.49. The van der Waals surface area contributed by atoms with Crippen LogP contribution < -0.4 is 0 Å². The van der Waals surface area contributed by atoms with Crippen LogP contribution in [-0.2, 0) is 4.74 Å². The summed E-state index contributed by atoms with van der Waals surface area (Å²) in [5.74, 6) is 0.700. The third-order valence-corrected chi connectivity index (χ3v) is 4.86. The molecule has 114 valence electrons. The summed E-state index contributed by atoms with van der Waals surface area (Å²) in [4.78, 5) is 13.8. The fourth-order valence-corrected chi connectivity index (χ4v) is 3.09. The first-order valence-electron chi connectivity index (χ1n) is 7.69. The molecule has 0 spiro atoms. The fourth-order valence-electron chi connectivity index (χ4n) is 3.09. The zero-order chi connectivity index (χ0) is 15.5. The quantitative estimate of drug-likeness (QED) is 0.797. The van der Waals surface area contributed by atoms with Crippen LogP contribution >= 0.6 is 0 Å². The highest BCUT2D eigenvalue weighted by Crippen LogP contribution is 2.48. The molecule has 1 aliphatic heterocycles. The Labute approximate surface area is 126 Å². The summed E-state index contributed by atoms with van der Waals surface area (Å²) >= 11 is 0. The molecule has 0 bridgehead atoms. The molecule has 2 aliphatic rings. The molecule has 1 saturated carbocycles. The maximum atomic E-state index is 12.1. The maximum absolute atomic E-state index is 12.1. The van der Waals surface area contributed by atoms with Gasteiger partial charge >= 0.3 is 6.09 Å². The standard InChI is InChI=1S/C16H23N3O2/c1-12(2)14-3-8-19(10-13(14)9-18)15(20)21-11-16(4-5-16)6-7-17/h12-14H,3-6,8,10-11H2,1-2H3. The van der Waals surface area contributed by atoms with Crippen molar-refractivity contribution in [1.82, 2.24) is 4.90 Å². The Morgan fingerprint density at radius 2 is 2.14 bits per heavy atom. The molecule has 21 heavy (non-hydrogen) atoms. The average molecular weight is 289 g/mol. The van der Waals surface area contributed by atoms with Crippen molar-refractivity contribution < 1.29 is 9.53 Å². The number of carbonyl (C=O) groups excluding carboxylic acids is 1. The van der Waals surface area contributed by atoms with Crippen molar-refractivity contribution in [2.24, 2.45) is 23.2 Å². The number of hydrogen-bond donors (Lipinski definition) is 0. The van der Waals surface area contributed by atoms with Crippen LogP contribution in [0.25, 0.3) is 0 Å². The highest BCUT2D eigenvalue weighted by Gasteiger charge is 2.44. The normalized spacial score (nSPS) is 26.8. The molecule has 0 radical (unpaired) electrons. The van der Waals surface area contributed by atoms with Gasteiger partial charge < -0.3 is 9.64 Å². The largest absolute Gasteiger partial charge is 0.449 e. The molecular weight excluding hydrogens is 266 g/mol. The van der Waals surface area contributed by atoms with E-state index in [0.717, 1.165) is 19.3 Å². The summed E-state index contributed by atoms with van der Waals surface area (Å²) in [5.41, 5.74) is -0.0880. The molecule has 2 atom stereocenters. The molecule has 0 N–H and O–H groups in total. The molecular formula is C16H23N3O2. The van der Waals surface area contributed by atoms with Gasteiger partial charge in [0.2, 0.25) is 0 Å². The number of ether oxygens (including phenoxy) is 1. The van der Waals surface area contributed by atoms with Crippen molar-refractivity contribution >= 4 is 6.09 Å². The van der Waals surface area contributed by atoms with E-state index in [9.17, 15) is 10.1 Å². The van der Waals surface area contributed by atoms with Crippen LogP contribution in [0.4, 0.5) is 4.79 Å². The first-order chi connectivity index (χ1) is 10.0. The van der Waals surface area contributed by atoms with Crippen LogP contribution in [-0.4, -0.2) is 30.7 Å². The SMILES string of the molecule is CC(C)C1CCN(C(=O)OCC2(CC#N)CC2)CC1C#N. The van der Waals surface area contributed by atoms with Gasteiger partial charge in [0, 0.05) is 24.9 Å². The molecule has 2 unspecified atom stereocenters. The van der Waals surface area contributed by atoms with Crippen molar-refractivity contribution in [1.29, 1.82) is 10.5 Å². The van der Waals surface area contributed by atoms with Crippen molar-refractivity contribution in [3.8, 4) is 12.1 Å². The van der Waals surface area contributed by atoms with Gasteiger partial charge in [-0.2, -0.15) is 10.5 Å². The molecule has 1 amide bonds. The molecule has 5 heteroatoms. The monoisotopic (exact) mass is 289 g/mol. The van der Waals surface area contributed by atoms with Gasteiger partial charge in [-0.25, -0.2) is 4.79 Å². The third kappa shape index (κ3) is 3.67. The molecule has 1 saturated heterocycles. The number of hydrogen-bond acceptors (Lipinski definition) is 4. The summed E-state index contributed by atoms with van der Waals surface area (Å²) in [6.45, 7) is 5.71. The molecule has 2 rings (SSSR count). The lowest BCUT2D eigenvalue weighted by Gasteiger charge is -2.36.